The van der Waals surface area contributed by atoms with Crippen LogP contribution >= 0.6 is 0 Å². The van der Waals surface area contributed by atoms with E-state index >= 15 is 0 Å². The van der Waals surface area contributed by atoms with Gasteiger partial charge >= 0.3 is 0 Å². The topological polar surface area (TPSA) is 0 Å². The van der Waals surface area contributed by atoms with Crippen LogP contribution in [-0.4, -0.2) is 0 Å². The van der Waals surface area contributed by atoms with E-state index in [1.54, 1.807) is 0 Å². The van der Waals surface area contributed by atoms with E-state index in [0.29, 0.717) is 0 Å². The molecule has 1 aromatic rings. The summed E-state index contributed by atoms with van der Waals surface area (Å²) in [6.45, 7) is 10.8. The van der Waals surface area contributed by atoms with Crippen molar-refractivity contribution in [3.63, 3.8) is 0 Å². The van der Waals surface area contributed by atoms with Crippen LogP contribution in [0.4, 0.5) is 0 Å². The van der Waals surface area contributed by atoms with Crippen LogP contribution in [0.2, 0.25) is 0 Å². The SMILES string of the molecule is CC.CC(C)(C)c1cccc2c1C=CC2. The second-order valence-electron chi connectivity index (χ2n) is 4.73. The molecule has 0 radical (unpaired) electrons. The molecule has 0 aliphatic heterocycles. The average Bonchev–Trinajstić information content (AvgIpc) is 2.66. The Morgan fingerprint density at radius 2 is 1.73 bits per heavy atom. The zero-order chi connectivity index (χ0) is 11.5. The van der Waals surface area contributed by atoms with Gasteiger partial charge in [0.15, 0.2) is 0 Å². The third-order valence-electron chi connectivity index (χ3n) is 2.63. The molecule has 0 saturated carbocycles. The first-order chi connectivity index (χ1) is 7.09. The molecule has 0 N–H and O–H groups in total. The molecule has 1 aromatic carbocycles. The van der Waals surface area contributed by atoms with Gasteiger partial charge in [-0.3, -0.25) is 0 Å². The van der Waals surface area contributed by atoms with Crippen molar-refractivity contribution < 1.29 is 0 Å². The maximum atomic E-state index is 2.27. The van der Waals surface area contributed by atoms with Crippen LogP contribution in [0.1, 0.15) is 51.3 Å². The molecule has 0 aromatic heterocycles. The van der Waals surface area contributed by atoms with Gasteiger partial charge in [-0.05, 0) is 28.5 Å². The average molecular weight is 202 g/mol. The van der Waals surface area contributed by atoms with Crippen molar-refractivity contribution in [2.75, 3.05) is 0 Å². The van der Waals surface area contributed by atoms with E-state index in [1.807, 2.05) is 13.8 Å². The summed E-state index contributed by atoms with van der Waals surface area (Å²) in [5, 5.41) is 0. The van der Waals surface area contributed by atoms with E-state index in [-0.39, 0.29) is 5.41 Å². The smallest absolute Gasteiger partial charge is 0.00881 e. The lowest BCUT2D eigenvalue weighted by molar-refractivity contribution is 0.588. The highest BCUT2D eigenvalue weighted by Gasteiger charge is 2.19. The van der Waals surface area contributed by atoms with Crippen molar-refractivity contribution in [1.82, 2.24) is 0 Å². The summed E-state index contributed by atoms with van der Waals surface area (Å²) >= 11 is 0. The van der Waals surface area contributed by atoms with Crippen molar-refractivity contribution in [2.24, 2.45) is 0 Å². The second kappa shape index (κ2) is 4.65. The summed E-state index contributed by atoms with van der Waals surface area (Å²) < 4.78 is 0. The Morgan fingerprint density at radius 3 is 2.33 bits per heavy atom. The van der Waals surface area contributed by atoms with Gasteiger partial charge in [0.2, 0.25) is 0 Å². The first kappa shape index (κ1) is 12.0. The van der Waals surface area contributed by atoms with Crippen LogP contribution in [0.15, 0.2) is 24.3 Å². The molecule has 0 heteroatoms. The molecule has 0 heterocycles. The van der Waals surface area contributed by atoms with Crippen LogP contribution < -0.4 is 0 Å². The minimum absolute atomic E-state index is 0.264. The van der Waals surface area contributed by atoms with E-state index in [9.17, 15) is 0 Å². The van der Waals surface area contributed by atoms with E-state index < -0.39 is 0 Å². The number of benzene rings is 1. The zero-order valence-electron chi connectivity index (χ0n) is 10.6. The highest BCUT2D eigenvalue weighted by atomic mass is 14.2. The number of hydrogen-bond donors (Lipinski definition) is 0. The fraction of sp³-hybridized carbons (Fsp3) is 0.467. The van der Waals surface area contributed by atoms with Crippen LogP contribution in [0.3, 0.4) is 0 Å². The predicted molar refractivity (Wildman–Crippen MR) is 69.2 cm³/mol. The maximum absolute atomic E-state index is 2.27. The molecule has 0 bridgehead atoms. The normalized spacial score (nSPS) is 13.1. The monoisotopic (exact) mass is 202 g/mol. The Labute approximate surface area is 94.0 Å². The lowest BCUT2D eigenvalue weighted by Crippen LogP contribution is -2.13. The number of allylic oxidation sites excluding steroid dienone is 1. The summed E-state index contributed by atoms with van der Waals surface area (Å²) in [6, 6.07) is 6.64. The van der Waals surface area contributed by atoms with Crippen LogP contribution in [-0.2, 0) is 11.8 Å². The molecular formula is C15H22. The van der Waals surface area contributed by atoms with E-state index in [4.69, 9.17) is 0 Å². The van der Waals surface area contributed by atoms with Gasteiger partial charge in [0.25, 0.3) is 0 Å². The third kappa shape index (κ3) is 2.50. The Morgan fingerprint density at radius 1 is 1.07 bits per heavy atom. The van der Waals surface area contributed by atoms with Crippen LogP contribution in [0.5, 0.6) is 0 Å². The lowest BCUT2D eigenvalue weighted by atomic mass is 9.83. The summed E-state index contributed by atoms with van der Waals surface area (Å²) in [7, 11) is 0. The molecule has 0 atom stereocenters. The second-order valence-corrected chi connectivity index (χ2v) is 4.73. The molecule has 15 heavy (non-hydrogen) atoms. The summed E-state index contributed by atoms with van der Waals surface area (Å²) in [4.78, 5) is 0. The van der Waals surface area contributed by atoms with Crippen molar-refractivity contribution in [1.29, 1.82) is 0 Å². The minimum Gasteiger partial charge on any atom is -0.0795 e. The Hall–Kier alpha value is -1.04. The number of rotatable bonds is 0. The Kier molecular flexibility index (Phi) is 3.73. The summed E-state index contributed by atoms with van der Waals surface area (Å²) in [6.07, 6.45) is 5.62. The molecule has 1 aliphatic carbocycles. The quantitative estimate of drug-likeness (QED) is 0.577. The summed E-state index contributed by atoms with van der Waals surface area (Å²) in [5.41, 5.74) is 4.67. The largest absolute Gasteiger partial charge is 0.0795 e. The third-order valence-corrected chi connectivity index (χ3v) is 2.63. The molecule has 82 valence electrons. The van der Waals surface area contributed by atoms with Gasteiger partial charge < -0.3 is 0 Å². The molecule has 2 rings (SSSR count). The Balaban J connectivity index is 0.000000531. The van der Waals surface area contributed by atoms with Crippen LogP contribution in [0.25, 0.3) is 6.08 Å². The van der Waals surface area contributed by atoms with Gasteiger partial charge in [-0.2, -0.15) is 0 Å². The number of hydrogen-bond acceptors (Lipinski definition) is 0. The lowest BCUT2D eigenvalue weighted by Gasteiger charge is -2.22. The van der Waals surface area contributed by atoms with Crippen molar-refractivity contribution in [3.05, 3.63) is 41.0 Å². The van der Waals surface area contributed by atoms with E-state index in [0.717, 1.165) is 6.42 Å². The molecular weight excluding hydrogens is 180 g/mol. The number of fused-ring (bicyclic) bond motifs is 1. The first-order valence-corrected chi connectivity index (χ1v) is 5.88. The first-order valence-electron chi connectivity index (χ1n) is 5.88. The van der Waals surface area contributed by atoms with Gasteiger partial charge in [0.05, 0.1) is 0 Å². The fourth-order valence-corrected chi connectivity index (χ4v) is 1.95. The molecule has 1 aliphatic rings. The standard InChI is InChI=1S/C13H16.C2H6/c1-13(2,3)12-9-5-7-10-6-4-8-11(10)12;1-2/h4-5,7-9H,6H2,1-3H3;1-2H3. The molecule has 0 amide bonds. The van der Waals surface area contributed by atoms with Gasteiger partial charge in [0.1, 0.15) is 0 Å². The van der Waals surface area contributed by atoms with E-state index in [1.165, 1.54) is 16.7 Å². The molecule has 0 fully saturated rings. The highest BCUT2D eigenvalue weighted by molar-refractivity contribution is 5.64. The predicted octanol–water partition coefficient (Wildman–Crippen LogP) is 4.58. The Bertz CT molecular complexity index is 351. The van der Waals surface area contributed by atoms with Gasteiger partial charge in [0, 0.05) is 0 Å². The van der Waals surface area contributed by atoms with Gasteiger partial charge in [-0.1, -0.05) is 65.0 Å². The fourth-order valence-electron chi connectivity index (χ4n) is 1.95. The van der Waals surface area contributed by atoms with Crippen molar-refractivity contribution in [2.45, 2.75) is 46.5 Å². The van der Waals surface area contributed by atoms with Crippen molar-refractivity contribution in [3.8, 4) is 0 Å². The molecule has 0 nitrogen and oxygen atoms in total. The van der Waals surface area contributed by atoms with Crippen molar-refractivity contribution >= 4 is 6.08 Å². The molecule has 0 spiro atoms. The van der Waals surface area contributed by atoms with Crippen LogP contribution in [0, 0.1) is 0 Å². The molecule has 0 unspecified atom stereocenters. The minimum atomic E-state index is 0.264. The molecule has 0 saturated heterocycles. The zero-order valence-corrected chi connectivity index (χ0v) is 10.6. The van der Waals surface area contributed by atoms with E-state index in [2.05, 4.69) is 51.1 Å². The van der Waals surface area contributed by atoms with Gasteiger partial charge in [-0.25, -0.2) is 0 Å². The summed E-state index contributed by atoms with van der Waals surface area (Å²) in [5.74, 6) is 0. The maximum Gasteiger partial charge on any atom is -0.00881 e. The highest BCUT2D eigenvalue weighted by Crippen LogP contribution is 2.31. The van der Waals surface area contributed by atoms with Gasteiger partial charge in [-0.15, -0.1) is 0 Å².